The molecular weight excluding hydrogens is 252 g/mol. The van der Waals surface area contributed by atoms with Gasteiger partial charge >= 0.3 is 0 Å². The summed E-state index contributed by atoms with van der Waals surface area (Å²) in [6.07, 6.45) is 1.96. The minimum Gasteiger partial charge on any atom is -0.496 e. The number of benzene rings is 1. The van der Waals surface area contributed by atoms with E-state index in [1.54, 1.807) is 7.11 Å². The molecule has 0 heterocycles. The van der Waals surface area contributed by atoms with Crippen LogP contribution in [0.3, 0.4) is 0 Å². The molecule has 1 rings (SSSR count). The Kier molecular flexibility index (Phi) is 6.02. The smallest absolute Gasteiger partial charge is 0.255 e. The van der Waals surface area contributed by atoms with E-state index in [0.29, 0.717) is 24.4 Å². The maximum absolute atomic E-state index is 12.3. The van der Waals surface area contributed by atoms with Gasteiger partial charge in [0.05, 0.1) is 12.7 Å². The standard InChI is InChI=1S/C16H26N2O2/c1-12-6-7-14(20-4)13(10-12)15(19)18-11-16(2,3)8-5-9-17/h6-7,10H,5,8-9,11,17H2,1-4H3,(H,18,19). The second kappa shape index (κ2) is 7.29. The van der Waals surface area contributed by atoms with Gasteiger partial charge in [-0.25, -0.2) is 0 Å². The van der Waals surface area contributed by atoms with E-state index >= 15 is 0 Å². The SMILES string of the molecule is COc1ccc(C)cc1C(=O)NCC(C)(C)CCCN. The van der Waals surface area contributed by atoms with Gasteiger partial charge in [-0.2, -0.15) is 0 Å². The van der Waals surface area contributed by atoms with Crippen LogP contribution >= 0.6 is 0 Å². The lowest BCUT2D eigenvalue weighted by Crippen LogP contribution is -2.34. The number of ether oxygens (including phenoxy) is 1. The molecule has 0 aliphatic rings. The first-order valence-electron chi connectivity index (χ1n) is 7.02. The van der Waals surface area contributed by atoms with Crippen LogP contribution < -0.4 is 15.8 Å². The second-order valence-electron chi connectivity index (χ2n) is 5.94. The second-order valence-corrected chi connectivity index (χ2v) is 5.94. The fraction of sp³-hybridized carbons (Fsp3) is 0.562. The topological polar surface area (TPSA) is 64.3 Å². The number of hydrogen-bond acceptors (Lipinski definition) is 3. The summed E-state index contributed by atoms with van der Waals surface area (Å²) in [5, 5.41) is 2.99. The molecule has 0 atom stereocenters. The van der Waals surface area contributed by atoms with E-state index in [1.807, 2.05) is 25.1 Å². The quantitative estimate of drug-likeness (QED) is 0.805. The molecule has 4 heteroatoms. The van der Waals surface area contributed by atoms with Gasteiger partial charge in [-0.3, -0.25) is 4.79 Å². The van der Waals surface area contributed by atoms with Crippen molar-refractivity contribution in [2.24, 2.45) is 11.1 Å². The molecule has 0 spiro atoms. The van der Waals surface area contributed by atoms with Crippen LogP contribution in [0.15, 0.2) is 18.2 Å². The van der Waals surface area contributed by atoms with Crippen LogP contribution in [0.4, 0.5) is 0 Å². The Labute approximate surface area is 121 Å². The summed E-state index contributed by atoms with van der Waals surface area (Å²) in [4.78, 5) is 12.3. The third-order valence-electron chi connectivity index (χ3n) is 3.38. The Morgan fingerprint density at radius 2 is 2.10 bits per heavy atom. The molecule has 3 N–H and O–H groups in total. The fourth-order valence-electron chi connectivity index (χ4n) is 2.08. The van der Waals surface area contributed by atoms with Crippen LogP contribution in [0.2, 0.25) is 0 Å². The molecule has 0 saturated heterocycles. The summed E-state index contributed by atoms with van der Waals surface area (Å²) in [5.74, 6) is 0.513. The molecule has 1 aromatic carbocycles. The molecule has 0 fully saturated rings. The number of hydrogen-bond donors (Lipinski definition) is 2. The van der Waals surface area contributed by atoms with Crippen LogP contribution in [0, 0.1) is 12.3 Å². The number of rotatable bonds is 7. The van der Waals surface area contributed by atoms with Gasteiger partial charge in [-0.15, -0.1) is 0 Å². The minimum atomic E-state index is -0.0913. The number of carbonyl (C=O) groups excluding carboxylic acids is 1. The molecule has 0 radical (unpaired) electrons. The van der Waals surface area contributed by atoms with Gasteiger partial charge in [0, 0.05) is 6.54 Å². The largest absolute Gasteiger partial charge is 0.496 e. The Hall–Kier alpha value is -1.55. The number of carbonyl (C=O) groups is 1. The highest BCUT2D eigenvalue weighted by molar-refractivity contribution is 5.97. The summed E-state index contributed by atoms with van der Waals surface area (Å²) in [6.45, 7) is 7.54. The zero-order valence-corrected chi connectivity index (χ0v) is 13.0. The van der Waals surface area contributed by atoms with E-state index in [4.69, 9.17) is 10.5 Å². The van der Waals surface area contributed by atoms with Crippen molar-refractivity contribution < 1.29 is 9.53 Å². The van der Waals surface area contributed by atoms with Gasteiger partial charge in [0.15, 0.2) is 0 Å². The highest BCUT2D eigenvalue weighted by Crippen LogP contribution is 2.22. The summed E-state index contributed by atoms with van der Waals surface area (Å²) in [5.41, 5.74) is 7.21. The number of nitrogens with one attached hydrogen (secondary N) is 1. The molecule has 112 valence electrons. The minimum absolute atomic E-state index is 0.0477. The molecule has 1 amide bonds. The molecule has 0 unspecified atom stereocenters. The van der Waals surface area contributed by atoms with E-state index in [9.17, 15) is 4.79 Å². The third-order valence-corrected chi connectivity index (χ3v) is 3.38. The van der Waals surface area contributed by atoms with Crippen molar-refractivity contribution in [1.82, 2.24) is 5.32 Å². The van der Waals surface area contributed by atoms with Crippen molar-refractivity contribution in [3.63, 3.8) is 0 Å². The Balaban J connectivity index is 2.69. The predicted octanol–water partition coefficient (Wildman–Crippen LogP) is 2.50. The van der Waals surface area contributed by atoms with Crippen LogP contribution in [0.1, 0.15) is 42.6 Å². The first-order chi connectivity index (χ1) is 9.39. The molecule has 20 heavy (non-hydrogen) atoms. The van der Waals surface area contributed by atoms with Gasteiger partial charge < -0.3 is 15.8 Å². The monoisotopic (exact) mass is 278 g/mol. The predicted molar refractivity (Wildman–Crippen MR) is 82.1 cm³/mol. The zero-order chi connectivity index (χ0) is 15.2. The van der Waals surface area contributed by atoms with E-state index < -0.39 is 0 Å². The number of methoxy groups -OCH3 is 1. The molecule has 0 saturated carbocycles. The molecule has 0 bridgehead atoms. The first-order valence-corrected chi connectivity index (χ1v) is 7.02. The average Bonchev–Trinajstić information content (AvgIpc) is 2.42. The van der Waals surface area contributed by atoms with Crippen LogP contribution in [-0.2, 0) is 0 Å². The van der Waals surface area contributed by atoms with E-state index in [-0.39, 0.29) is 11.3 Å². The van der Waals surface area contributed by atoms with Gasteiger partial charge in [-0.05, 0) is 43.9 Å². The van der Waals surface area contributed by atoms with Crippen molar-refractivity contribution in [3.05, 3.63) is 29.3 Å². The average molecular weight is 278 g/mol. The normalized spacial score (nSPS) is 11.2. The lowest BCUT2D eigenvalue weighted by Gasteiger charge is -2.25. The Morgan fingerprint density at radius 1 is 1.40 bits per heavy atom. The molecule has 0 aliphatic carbocycles. The van der Waals surface area contributed by atoms with Crippen molar-refractivity contribution in [2.45, 2.75) is 33.6 Å². The summed E-state index contributed by atoms with van der Waals surface area (Å²) in [7, 11) is 1.58. The molecule has 0 aliphatic heterocycles. The summed E-state index contributed by atoms with van der Waals surface area (Å²) >= 11 is 0. The Bertz CT molecular complexity index is 456. The van der Waals surface area contributed by atoms with Crippen molar-refractivity contribution >= 4 is 5.91 Å². The molecular formula is C16H26N2O2. The number of nitrogens with two attached hydrogens (primary N) is 1. The third kappa shape index (κ3) is 4.85. The van der Waals surface area contributed by atoms with Crippen LogP contribution in [-0.4, -0.2) is 26.1 Å². The maximum Gasteiger partial charge on any atom is 0.255 e. The van der Waals surface area contributed by atoms with Gasteiger partial charge in [0.1, 0.15) is 5.75 Å². The van der Waals surface area contributed by atoms with Gasteiger partial charge in [-0.1, -0.05) is 25.5 Å². The highest BCUT2D eigenvalue weighted by Gasteiger charge is 2.20. The fourth-order valence-corrected chi connectivity index (χ4v) is 2.08. The first kappa shape index (κ1) is 16.5. The van der Waals surface area contributed by atoms with Crippen molar-refractivity contribution in [2.75, 3.05) is 20.2 Å². The number of amides is 1. The summed E-state index contributed by atoms with van der Waals surface area (Å²) in [6, 6.07) is 5.60. The van der Waals surface area contributed by atoms with E-state index in [1.165, 1.54) is 0 Å². The molecule has 4 nitrogen and oxygen atoms in total. The molecule has 0 aromatic heterocycles. The van der Waals surface area contributed by atoms with Gasteiger partial charge in [0.25, 0.3) is 5.91 Å². The van der Waals surface area contributed by atoms with Crippen molar-refractivity contribution in [1.29, 1.82) is 0 Å². The van der Waals surface area contributed by atoms with E-state index in [0.717, 1.165) is 18.4 Å². The lowest BCUT2D eigenvalue weighted by atomic mass is 9.87. The maximum atomic E-state index is 12.3. The molecule has 1 aromatic rings. The number of aryl methyl sites for hydroxylation is 1. The van der Waals surface area contributed by atoms with Crippen LogP contribution in [0.5, 0.6) is 5.75 Å². The zero-order valence-electron chi connectivity index (χ0n) is 13.0. The lowest BCUT2D eigenvalue weighted by molar-refractivity contribution is 0.0931. The van der Waals surface area contributed by atoms with Crippen LogP contribution in [0.25, 0.3) is 0 Å². The van der Waals surface area contributed by atoms with Crippen molar-refractivity contribution in [3.8, 4) is 5.75 Å². The highest BCUT2D eigenvalue weighted by atomic mass is 16.5. The Morgan fingerprint density at radius 3 is 2.70 bits per heavy atom. The van der Waals surface area contributed by atoms with E-state index in [2.05, 4.69) is 19.2 Å². The van der Waals surface area contributed by atoms with Gasteiger partial charge in [0.2, 0.25) is 0 Å². The summed E-state index contributed by atoms with van der Waals surface area (Å²) < 4.78 is 5.24.